The van der Waals surface area contributed by atoms with Gasteiger partial charge in [-0.3, -0.25) is 14.7 Å². The van der Waals surface area contributed by atoms with Crippen LogP contribution < -0.4 is 0 Å². The minimum absolute atomic E-state index is 0.130. The zero-order valence-corrected chi connectivity index (χ0v) is 13.9. The van der Waals surface area contributed by atoms with Crippen LogP contribution >= 0.6 is 0 Å². The highest BCUT2D eigenvalue weighted by molar-refractivity contribution is 5.99. The third-order valence-corrected chi connectivity index (χ3v) is 5.22. The summed E-state index contributed by atoms with van der Waals surface area (Å²) in [7, 11) is 0. The Balaban J connectivity index is 1.65. The van der Waals surface area contributed by atoms with Crippen LogP contribution in [0.15, 0.2) is 6.07 Å². The van der Waals surface area contributed by atoms with E-state index in [4.69, 9.17) is 4.98 Å². The van der Waals surface area contributed by atoms with Gasteiger partial charge in [0.05, 0.1) is 5.69 Å². The number of carbonyl (C=O) groups excluding carboxylic acids is 1. The Hall–Kier alpha value is -1.49. The highest BCUT2D eigenvalue weighted by atomic mass is 19.1. The lowest BCUT2D eigenvalue weighted by Crippen LogP contribution is -2.30. The fourth-order valence-electron chi connectivity index (χ4n) is 3.75. The molecule has 1 aliphatic carbocycles. The Labute approximate surface area is 136 Å². The summed E-state index contributed by atoms with van der Waals surface area (Å²) in [6, 6.07) is 2.16. The zero-order valence-electron chi connectivity index (χ0n) is 13.9. The first-order chi connectivity index (χ1) is 11.0. The summed E-state index contributed by atoms with van der Waals surface area (Å²) in [6.45, 7) is 6.74. The van der Waals surface area contributed by atoms with Gasteiger partial charge in [-0.25, -0.2) is 4.39 Å². The van der Waals surface area contributed by atoms with E-state index < -0.39 is 6.17 Å². The van der Waals surface area contributed by atoms with Gasteiger partial charge in [0, 0.05) is 55.0 Å². The van der Waals surface area contributed by atoms with Crippen LogP contribution in [0.5, 0.6) is 0 Å². The molecule has 1 aromatic heterocycles. The molecule has 0 radical (unpaired) electrons. The molecule has 1 saturated carbocycles. The molecular weight excluding hydrogens is 293 g/mol. The van der Waals surface area contributed by atoms with Gasteiger partial charge in [0.15, 0.2) is 0 Å². The Bertz CT molecular complexity index is 641. The number of alkyl halides is 1. The van der Waals surface area contributed by atoms with Crippen LogP contribution in [0, 0.1) is 0 Å². The molecule has 0 N–H and O–H groups in total. The van der Waals surface area contributed by atoms with Crippen LogP contribution in [0.2, 0.25) is 0 Å². The molecule has 1 unspecified atom stereocenters. The molecule has 1 atom stereocenters. The summed E-state index contributed by atoms with van der Waals surface area (Å²) in [5, 5.41) is 0. The summed E-state index contributed by atoms with van der Waals surface area (Å²) >= 11 is 0. The molecule has 23 heavy (non-hydrogen) atoms. The van der Waals surface area contributed by atoms with Crippen molar-refractivity contribution >= 4 is 5.91 Å². The van der Waals surface area contributed by atoms with Crippen molar-refractivity contribution in [3.05, 3.63) is 28.6 Å². The number of aromatic nitrogens is 1. The van der Waals surface area contributed by atoms with E-state index in [0.717, 1.165) is 29.1 Å². The average Bonchev–Trinajstić information content (AvgIpc) is 3.19. The second kappa shape index (κ2) is 5.55. The van der Waals surface area contributed by atoms with Gasteiger partial charge < -0.3 is 4.90 Å². The first-order valence-corrected chi connectivity index (χ1v) is 8.73. The summed E-state index contributed by atoms with van der Waals surface area (Å²) in [6.07, 6.45) is 2.25. The maximum atomic E-state index is 13.4. The number of likely N-dealkylation sites (tertiary alicyclic amines) is 1. The molecule has 4 rings (SSSR count). The van der Waals surface area contributed by atoms with Crippen molar-refractivity contribution < 1.29 is 9.18 Å². The number of hydrogen-bond donors (Lipinski definition) is 0. The lowest BCUT2D eigenvalue weighted by Gasteiger charge is -2.19. The van der Waals surface area contributed by atoms with E-state index in [2.05, 4.69) is 18.7 Å². The Morgan fingerprint density at radius 2 is 2.13 bits per heavy atom. The number of pyridine rings is 1. The molecule has 0 bridgehead atoms. The van der Waals surface area contributed by atoms with Crippen LogP contribution in [0.1, 0.15) is 66.3 Å². The molecule has 0 spiro atoms. The van der Waals surface area contributed by atoms with Crippen LogP contribution in [0.25, 0.3) is 0 Å². The highest BCUT2D eigenvalue weighted by Gasteiger charge is 2.37. The summed E-state index contributed by atoms with van der Waals surface area (Å²) in [5.41, 5.74) is 4.03. The number of rotatable bonds is 4. The predicted molar refractivity (Wildman–Crippen MR) is 86.0 cm³/mol. The van der Waals surface area contributed by atoms with Gasteiger partial charge in [-0.2, -0.15) is 0 Å². The quantitative estimate of drug-likeness (QED) is 0.857. The SMILES string of the molecule is CC(C)N1Cc2c(cc(CN3CCC(F)C3)nc2C2CC2)C1=O. The van der Waals surface area contributed by atoms with Gasteiger partial charge in [-0.1, -0.05) is 0 Å². The molecule has 3 aliphatic rings. The zero-order chi connectivity index (χ0) is 16.1. The van der Waals surface area contributed by atoms with E-state index in [1.807, 2.05) is 11.0 Å². The van der Waals surface area contributed by atoms with Gasteiger partial charge >= 0.3 is 0 Å². The Kier molecular flexibility index (Phi) is 3.63. The third kappa shape index (κ3) is 2.75. The fraction of sp³-hybridized carbons (Fsp3) is 0.667. The second-order valence-electron chi connectivity index (χ2n) is 7.45. The fourth-order valence-corrected chi connectivity index (χ4v) is 3.75. The van der Waals surface area contributed by atoms with Crippen molar-refractivity contribution in [2.45, 2.75) is 64.3 Å². The minimum Gasteiger partial charge on any atom is -0.332 e. The maximum Gasteiger partial charge on any atom is 0.254 e. The average molecular weight is 317 g/mol. The largest absolute Gasteiger partial charge is 0.332 e. The topological polar surface area (TPSA) is 36.4 Å². The van der Waals surface area contributed by atoms with Crippen molar-refractivity contribution in [2.75, 3.05) is 13.1 Å². The van der Waals surface area contributed by atoms with Gasteiger partial charge in [0.1, 0.15) is 6.17 Å². The van der Waals surface area contributed by atoms with Crippen LogP contribution in [-0.4, -0.2) is 46.0 Å². The van der Waals surface area contributed by atoms with E-state index in [1.54, 1.807) is 0 Å². The number of fused-ring (bicyclic) bond motifs is 1. The van der Waals surface area contributed by atoms with Gasteiger partial charge in [0.2, 0.25) is 0 Å². The normalized spacial score (nSPS) is 24.8. The molecule has 5 heteroatoms. The lowest BCUT2D eigenvalue weighted by atomic mass is 10.0. The van der Waals surface area contributed by atoms with Crippen molar-refractivity contribution in [3.63, 3.8) is 0 Å². The van der Waals surface area contributed by atoms with Gasteiger partial charge in [-0.05, 0) is 39.2 Å². The van der Waals surface area contributed by atoms with Crippen molar-refractivity contribution in [2.24, 2.45) is 0 Å². The smallest absolute Gasteiger partial charge is 0.254 e. The molecule has 2 aliphatic heterocycles. The predicted octanol–water partition coefficient (Wildman–Crippen LogP) is 2.87. The highest BCUT2D eigenvalue weighted by Crippen LogP contribution is 2.43. The van der Waals surface area contributed by atoms with E-state index >= 15 is 0 Å². The first-order valence-electron chi connectivity index (χ1n) is 8.73. The summed E-state index contributed by atoms with van der Waals surface area (Å²) < 4.78 is 13.4. The van der Waals surface area contributed by atoms with E-state index in [9.17, 15) is 9.18 Å². The van der Waals surface area contributed by atoms with Crippen molar-refractivity contribution in [1.82, 2.24) is 14.8 Å². The molecule has 1 amide bonds. The monoisotopic (exact) mass is 317 g/mol. The standard InChI is InChI=1S/C18H24FN3O/c1-11(2)22-10-16-15(18(22)23)7-14(20-17(16)12-3-4-12)9-21-6-5-13(19)8-21/h7,11-13H,3-6,8-10H2,1-2H3. The third-order valence-electron chi connectivity index (χ3n) is 5.22. The van der Waals surface area contributed by atoms with Crippen molar-refractivity contribution in [3.8, 4) is 0 Å². The number of hydrogen-bond acceptors (Lipinski definition) is 3. The second-order valence-corrected chi connectivity index (χ2v) is 7.45. The first kappa shape index (κ1) is 15.1. The maximum absolute atomic E-state index is 13.4. The lowest BCUT2D eigenvalue weighted by molar-refractivity contribution is 0.0730. The molecule has 124 valence electrons. The van der Waals surface area contributed by atoms with Crippen LogP contribution in [-0.2, 0) is 13.1 Å². The van der Waals surface area contributed by atoms with E-state index in [0.29, 0.717) is 32.0 Å². The molecular formula is C18H24FN3O. The van der Waals surface area contributed by atoms with Crippen LogP contribution in [0.4, 0.5) is 4.39 Å². The number of amides is 1. The molecule has 1 saturated heterocycles. The molecule has 4 nitrogen and oxygen atoms in total. The van der Waals surface area contributed by atoms with Gasteiger partial charge in [-0.15, -0.1) is 0 Å². The Morgan fingerprint density at radius 3 is 2.74 bits per heavy atom. The van der Waals surface area contributed by atoms with E-state index in [-0.39, 0.29) is 11.9 Å². The van der Waals surface area contributed by atoms with E-state index in [1.165, 1.54) is 12.8 Å². The number of nitrogens with zero attached hydrogens (tertiary/aromatic N) is 3. The summed E-state index contributed by atoms with van der Waals surface area (Å²) in [5.74, 6) is 0.654. The molecule has 0 aromatic carbocycles. The van der Waals surface area contributed by atoms with Crippen LogP contribution in [0.3, 0.4) is 0 Å². The molecule has 2 fully saturated rings. The molecule has 3 heterocycles. The Morgan fingerprint density at radius 1 is 1.35 bits per heavy atom. The summed E-state index contributed by atoms with van der Waals surface area (Å²) in [4.78, 5) is 21.6. The van der Waals surface area contributed by atoms with Crippen molar-refractivity contribution in [1.29, 1.82) is 0 Å². The number of carbonyl (C=O) groups is 1. The minimum atomic E-state index is -0.717. The van der Waals surface area contributed by atoms with Gasteiger partial charge in [0.25, 0.3) is 5.91 Å². The number of halogens is 1. The molecule has 1 aromatic rings.